The molecule has 1 fully saturated rings. The number of rotatable bonds is 5. The lowest BCUT2D eigenvalue weighted by Gasteiger charge is -2.22. The van der Waals surface area contributed by atoms with Gasteiger partial charge in [-0.3, -0.25) is 4.98 Å². The predicted molar refractivity (Wildman–Crippen MR) is 82.1 cm³/mol. The Kier molecular flexibility index (Phi) is 4.49. The zero-order chi connectivity index (χ0) is 13.6. The summed E-state index contributed by atoms with van der Waals surface area (Å²) in [6.07, 6.45) is 8.59. The highest BCUT2D eigenvalue weighted by atomic mass is 16.5. The van der Waals surface area contributed by atoms with Crippen molar-refractivity contribution < 1.29 is 4.74 Å². The average molecular weight is 270 g/mol. The lowest BCUT2D eigenvalue weighted by molar-refractivity contribution is 0.292. The molecule has 20 heavy (non-hydrogen) atoms. The number of nitrogens with zero attached hydrogens (tertiary/aromatic N) is 1. The van der Waals surface area contributed by atoms with Crippen molar-refractivity contribution in [2.45, 2.75) is 38.1 Å². The number of hydrogen-bond donors (Lipinski definition) is 1. The first-order valence-electron chi connectivity index (χ1n) is 7.63. The maximum Gasteiger partial charge on any atom is 0.128 e. The van der Waals surface area contributed by atoms with Gasteiger partial charge in [0.1, 0.15) is 12.4 Å². The molecule has 1 N–H and O–H groups in total. The molecule has 106 valence electrons. The monoisotopic (exact) mass is 270 g/mol. The Morgan fingerprint density at radius 3 is 2.90 bits per heavy atom. The molecule has 1 aromatic heterocycles. The molecule has 0 radical (unpaired) electrons. The molecule has 0 atom stereocenters. The van der Waals surface area contributed by atoms with Crippen LogP contribution in [0.2, 0.25) is 0 Å². The van der Waals surface area contributed by atoms with Crippen molar-refractivity contribution in [1.82, 2.24) is 10.3 Å². The molecule has 0 bridgehead atoms. The van der Waals surface area contributed by atoms with E-state index in [4.69, 9.17) is 4.74 Å². The van der Waals surface area contributed by atoms with Gasteiger partial charge in [0.15, 0.2) is 0 Å². The lowest BCUT2D eigenvalue weighted by Crippen LogP contribution is -2.34. The molecule has 0 aliphatic heterocycles. The second-order valence-electron chi connectivity index (χ2n) is 5.46. The van der Waals surface area contributed by atoms with Crippen LogP contribution in [-0.4, -0.2) is 24.2 Å². The SMILES string of the molecule is c1cc(OCCNC2CCCCC2)c2cccnc2c1. The molecule has 1 aliphatic carbocycles. The predicted octanol–water partition coefficient (Wildman–Crippen LogP) is 3.54. The quantitative estimate of drug-likeness (QED) is 0.844. The van der Waals surface area contributed by atoms with E-state index >= 15 is 0 Å². The van der Waals surface area contributed by atoms with Crippen molar-refractivity contribution >= 4 is 10.9 Å². The minimum absolute atomic E-state index is 0.696. The molecule has 0 spiro atoms. The van der Waals surface area contributed by atoms with Crippen LogP contribution in [0.4, 0.5) is 0 Å². The molecule has 3 nitrogen and oxygen atoms in total. The van der Waals surface area contributed by atoms with Crippen molar-refractivity contribution in [3.8, 4) is 5.75 Å². The van der Waals surface area contributed by atoms with Gasteiger partial charge in [0.05, 0.1) is 5.52 Å². The molecule has 3 heteroatoms. The molecule has 0 unspecified atom stereocenters. The summed E-state index contributed by atoms with van der Waals surface area (Å²) >= 11 is 0. The van der Waals surface area contributed by atoms with Crippen LogP contribution in [0.5, 0.6) is 5.75 Å². The van der Waals surface area contributed by atoms with E-state index in [1.54, 1.807) is 0 Å². The van der Waals surface area contributed by atoms with Crippen LogP contribution in [-0.2, 0) is 0 Å². The van der Waals surface area contributed by atoms with Crippen molar-refractivity contribution in [3.05, 3.63) is 36.5 Å². The third-order valence-electron chi connectivity index (χ3n) is 4.00. The minimum Gasteiger partial charge on any atom is -0.492 e. The first-order chi connectivity index (χ1) is 9.93. The number of aromatic nitrogens is 1. The number of fused-ring (bicyclic) bond motifs is 1. The molecule has 3 rings (SSSR count). The molecule has 2 aromatic rings. The second-order valence-corrected chi connectivity index (χ2v) is 5.46. The van der Waals surface area contributed by atoms with Crippen LogP contribution >= 0.6 is 0 Å². The van der Waals surface area contributed by atoms with E-state index in [1.165, 1.54) is 32.1 Å². The van der Waals surface area contributed by atoms with Gasteiger partial charge in [0.2, 0.25) is 0 Å². The van der Waals surface area contributed by atoms with E-state index in [0.29, 0.717) is 12.6 Å². The highest BCUT2D eigenvalue weighted by Crippen LogP contribution is 2.23. The number of benzene rings is 1. The van der Waals surface area contributed by atoms with Crippen molar-refractivity contribution in [2.24, 2.45) is 0 Å². The maximum absolute atomic E-state index is 5.91. The van der Waals surface area contributed by atoms with Crippen LogP contribution in [0, 0.1) is 0 Å². The molecular weight excluding hydrogens is 248 g/mol. The maximum atomic E-state index is 5.91. The van der Waals surface area contributed by atoms with Gasteiger partial charge in [0, 0.05) is 24.2 Å². The molecular formula is C17H22N2O. The Morgan fingerprint density at radius 1 is 1.10 bits per heavy atom. The number of pyridine rings is 1. The summed E-state index contributed by atoms with van der Waals surface area (Å²) in [5.74, 6) is 0.932. The van der Waals surface area contributed by atoms with Crippen molar-refractivity contribution in [1.29, 1.82) is 0 Å². The van der Waals surface area contributed by atoms with Gasteiger partial charge >= 0.3 is 0 Å². The van der Waals surface area contributed by atoms with Crippen molar-refractivity contribution in [2.75, 3.05) is 13.2 Å². The Bertz CT molecular complexity index is 544. The summed E-state index contributed by atoms with van der Waals surface area (Å²) in [6.45, 7) is 1.63. The Hall–Kier alpha value is -1.61. The van der Waals surface area contributed by atoms with Gasteiger partial charge in [-0.05, 0) is 37.1 Å². The normalized spacial score (nSPS) is 16.4. The first-order valence-corrected chi connectivity index (χ1v) is 7.63. The van der Waals surface area contributed by atoms with Crippen LogP contribution in [0.15, 0.2) is 36.5 Å². The summed E-state index contributed by atoms with van der Waals surface area (Å²) in [6, 6.07) is 10.7. The third-order valence-corrected chi connectivity index (χ3v) is 4.00. The van der Waals surface area contributed by atoms with E-state index in [-0.39, 0.29) is 0 Å². The molecule has 0 saturated heterocycles. The number of ether oxygens (including phenoxy) is 1. The average Bonchev–Trinajstić information content (AvgIpc) is 2.53. The van der Waals surface area contributed by atoms with Crippen LogP contribution < -0.4 is 10.1 Å². The van der Waals surface area contributed by atoms with Crippen molar-refractivity contribution in [3.63, 3.8) is 0 Å². The zero-order valence-electron chi connectivity index (χ0n) is 11.8. The molecule has 1 heterocycles. The lowest BCUT2D eigenvalue weighted by atomic mass is 9.96. The fraction of sp³-hybridized carbons (Fsp3) is 0.471. The van der Waals surface area contributed by atoms with Gasteiger partial charge < -0.3 is 10.1 Å². The fourth-order valence-corrected chi connectivity index (χ4v) is 2.93. The highest BCUT2D eigenvalue weighted by Gasteiger charge is 2.12. The highest BCUT2D eigenvalue weighted by molar-refractivity contribution is 5.84. The molecule has 1 saturated carbocycles. The first kappa shape index (κ1) is 13.4. The minimum atomic E-state index is 0.696. The van der Waals surface area contributed by atoms with E-state index in [9.17, 15) is 0 Å². The number of hydrogen-bond acceptors (Lipinski definition) is 3. The van der Waals surface area contributed by atoms with Gasteiger partial charge in [-0.15, -0.1) is 0 Å². The van der Waals surface area contributed by atoms with Gasteiger partial charge in [-0.2, -0.15) is 0 Å². The zero-order valence-corrected chi connectivity index (χ0v) is 11.8. The van der Waals surface area contributed by atoms with Gasteiger partial charge in [-0.1, -0.05) is 25.3 Å². The molecule has 1 aromatic carbocycles. The van der Waals surface area contributed by atoms with E-state index < -0.39 is 0 Å². The standard InChI is InChI=1S/C17H22N2O/c1-2-6-14(7-3-1)18-12-13-20-17-10-4-9-16-15(17)8-5-11-19-16/h4-5,8-11,14,18H,1-3,6-7,12-13H2. The largest absolute Gasteiger partial charge is 0.492 e. The van der Waals surface area contributed by atoms with E-state index in [2.05, 4.69) is 16.4 Å². The van der Waals surface area contributed by atoms with E-state index in [0.717, 1.165) is 23.2 Å². The topological polar surface area (TPSA) is 34.1 Å². The van der Waals surface area contributed by atoms with Crippen LogP contribution in [0.25, 0.3) is 10.9 Å². The fourth-order valence-electron chi connectivity index (χ4n) is 2.93. The van der Waals surface area contributed by atoms with Crippen LogP contribution in [0.1, 0.15) is 32.1 Å². The second kappa shape index (κ2) is 6.71. The van der Waals surface area contributed by atoms with Gasteiger partial charge in [0.25, 0.3) is 0 Å². The smallest absolute Gasteiger partial charge is 0.128 e. The Balaban J connectivity index is 1.52. The number of nitrogens with one attached hydrogen (secondary N) is 1. The summed E-state index contributed by atoms with van der Waals surface area (Å²) in [4.78, 5) is 4.35. The molecule has 0 amide bonds. The summed E-state index contributed by atoms with van der Waals surface area (Å²) < 4.78 is 5.91. The summed E-state index contributed by atoms with van der Waals surface area (Å²) in [7, 11) is 0. The third kappa shape index (κ3) is 3.28. The van der Waals surface area contributed by atoms with Gasteiger partial charge in [-0.25, -0.2) is 0 Å². The van der Waals surface area contributed by atoms with E-state index in [1.807, 2.05) is 30.5 Å². The summed E-state index contributed by atoms with van der Waals surface area (Å²) in [5.41, 5.74) is 0.991. The molecule has 1 aliphatic rings. The van der Waals surface area contributed by atoms with Crippen LogP contribution in [0.3, 0.4) is 0 Å². The summed E-state index contributed by atoms with van der Waals surface area (Å²) in [5, 5.41) is 4.69. The Labute approximate surface area is 120 Å². The Morgan fingerprint density at radius 2 is 2.00 bits per heavy atom.